The molecule has 0 radical (unpaired) electrons. The molecule has 0 saturated carbocycles. The molecule has 0 spiro atoms. The van der Waals surface area contributed by atoms with E-state index in [0.717, 1.165) is 71.5 Å². The number of nitrogens with one attached hydrogen (secondary N) is 2. The average molecular weight is 567 g/mol. The standard InChI is InChI=1S/C34H38N4O2.CH4O/c1-5-24(2)22-34(3,27-9-7-6-8-10-27)33(39)35-28-13-16-31-30(21-28)32(37-36-31)26-11-14-29(15-12-26)40-23-25-17-19-38(4)20-18-25;1-2/h6-16,21,25H,1,17-20,22-23H2,2-4H3,(H,35,39)(H,36,37);2H,1H3/t34-;/m1./s1. The first-order chi connectivity index (χ1) is 20.4. The number of anilines is 1. The Hall–Kier alpha value is -4.16. The smallest absolute Gasteiger partial charge is 0.235 e. The third-order valence-electron chi connectivity index (χ3n) is 8.10. The molecule has 220 valence electrons. The minimum absolute atomic E-state index is 0.0798. The number of benzene rings is 3. The van der Waals surface area contributed by atoms with Gasteiger partial charge in [0.15, 0.2) is 0 Å². The van der Waals surface area contributed by atoms with Gasteiger partial charge in [-0.05, 0) is 113 Å². The molecule has 7 heteroatoms. The number of hydrogen-bond donors (Lipinski definition) is 3. The number of aliphatic hydroxyl groups excluding tert-OH is 1. The Balaban J connectivity index is 0.00000198. The third-order valence-corrected chi connectivity index (χ3v) is 8.10. The molecule has 1 aliphatic rings. The summed E-state index contributed by atoms with van der Waals surface area (Å²) in [7, 11) is 3.18. The summed E-state index contributed by atoms with van der Waals surface area (Å²) in [6, 6.07) is 23.8. The largest absolute Gasteiger partial charge is 0.493 e. The van der Waals surface area contributed by atoms with Gasteiger partial charge in [0.25, 0.3) is 0 Å². The Morgan fingerprint density at radius 1 is 1.12 bits per heavy atom. The first-order valence-corrected chi connectivity index (χ1v) is 14.4. The maximum atomic E-state index is 13.7. The van der Waals surface area contributed by atoms with Crippen LogP contribution in [0.15, 0.2) is 90.7 Å². The van der Waals surface area contributed by atoms with Gasteiger partial charge in [-0.25, -0.2) is 0 Å². The van der Waals surface area contributed by atoms with Crippen molar-refractivity contribution < 1.29 is 14.6 Å². The molecule has 1 amide bonds. The molecule has 1 fully saturated rings. The van der Waals surface area contributed by atoms with Gasteiger partial charge in [0.05, 0.1) is 23.2 Å². The number of carbonyl (C=O) groups is 1. The molecule has 0 unspecified atom stereocenters. The number of allylic oxidation sites excluding steroid dienone is 1. The monoisotopic (exact) mass is 566 g/mol. The molecule has 1 aromatic heterocycles. The number of aromatic nitrogens is 2. The van der Waals surface area contributed by atoms with Crippen LogP contribution in [0.2, 0.25) is 0 Å². The lowest BCUT2D eigenvalue weighted by Gasteiger charge is -2.29. The maximum Gasteiger partial charge on any atom is 0.235 e. The molecule has 0 aliphatic carbocycles. The summed E-state index contributed by atoms with van der Waals surface area (Å²) in [4.78, 5) is 16.1. The number of ether oxygens (including phenoxy) is 1. The summed E-state index contributed by atoms with van der Waals surface area (Å²) in [6.07, 6.45) is 2.89. The van der Waals surface area contributed by atoms with Crippen LogP contribution in [0.1, 0.15) is 38.7 Å². The van der Waals surface area contributed by atoms with Crippen molar-refractivity contribution in [3.63, 3.8) is 0 Å². The average Bonchev–Trinajstić information content (AvgIpc) is 3.45. The minimum atomic E-state index is -0.770. The lowest BCUT2D eigenvalue weighted by Crippen LogP contribution is -2.38. The van der Waals surface area contributed by atoms with Crippen molar-refractivity contribution in [1.29, 1.82) is 0 Å². The topological polar surface area (TPSA) is 90.5 Å². The Labute approximate surface area is 248 Å². The van der Waals surface area contributed by atoms with Crippen molar-refractivity contribution in [2.75, 3.05) is 39.2 Å². The highest BCUT2D eigenvalue weighted by atomic mass is 16.5. The molecule has 42 heavy (non-hydrogen) atoms. The van der Waals surface area contributed by atoms with Crippen LogP contribution < -0.4 is 10.1 Å². The van der Waals surface area contributed by atoms with Crippen molar-refractivity contribution in [1.82, 2.24) is 15.1 Å². The summed E-state index contributed by atoms with van der Waals surface area (Å²) in [6.45, 7) is 10.7. The van der Waals surface area contributed by atoms with Gasteiger partial charge in [-0.1, -0.05) is 36.9 Å². The number of aliphatic hydroxyl groups is 1. The van der Waals surface area contributed by atoms with Gasteiger partial charge in [0, 0.05) is 23.7 Å². The van der Waals surface area contributed by atoms with E-state index in [1.54, 1.807) is 0 Å². The Morgan fingerprint density at radius 3 is 2.48 bits per heavy atom. The van der Waals surface area contributed by atoms with Crippen LogP contribution in [0.5, 0.6) is 5.75 Å². The summed E-state index contributed by atoms with van der Waals surface area (Å²) in [5, 5.41) is 18.8. The predicted molar refractivity (Wildman–Crippen MR) is 171 cm³/mol. The molecule has 1 saturated heterocycles. The maximum absolute atomic E-state index is 13.7. The molecule has 2 heterocycles. The highest BCUT2D eigenvalue weighted by molar-refractivity contribution is 6.02. The quantitative estimate of drug-likeness (QED) is 0.199. The summed E-state index contributed by atoms with van der Waals surface area (Å²) in [5.74, 6) is 1.41. The number of rotatable bonds is 9. The van der Waals surface area contributed by atoms with Gasteiger partial charge in [0.1, 0.15) is 5.75 Å². The second-order valence-corrected chi connectivity index (χ2v) is 11.2. The van der Waals surface area contributed by atoms with Crippen molar-refractivity contribution in [2.24, 2.45) is 5.92 Å². The highest BCUT2D eigenvalue weighted by Crippen LogP contribution is 2.34. The van der Waals surface area contributed by atoms with Crippen LogP contribution >= 0.6 is 0 Å². The van der Waals surface area contributed by atoms with Gasteiger partial charge < -0.3 is 20.1 Å². The molecule has 4 aromatic rings. The van der Waals surface area contributed by atoms with Crippen LogP contribution in [0, 0.1) is 5.92 Å². The van der Waals surface area contributed by atoms with E-state index >= 15 is 0 Å². The zero-order valence-corrected chi connectivity index (χ0v) is 25.1. The van der Waals surface area contributed by atoms with E-state index < -0.39 is 5.41 Å². The lowest BCUT2D eigenvalue weighted by atomic mass is 9.76. The van der Waals surface area contributed by atoms with E-state index in [1.165, 1.54) is 12.8 Å². The van der Waals surface area contributed by atoms with Crippen LogP contribution in [0.3, 0.4) is 0 Å². The van der Waals surface area contributed by atoms with Gasteiger partial charge in [-0.15, -0.1) is 5.73 Å². The van der Waals surface area contributed by atoms with Gasteiger partial charge in [-0.3, -0.25) is 9.89 Å². The number of amides is 1. The summed E-state index contributed by atoms with van der Waals surface area (Å²) < 4.78 is 6.10. The molecule has 1 atom stereocenters. The third kappa shape index (κ3) is 7.18. The predicted octanol–water partition coefficient (Wildman–Crippen LogP) is 6.58. The summed E-state index contributed by atoms with van der Waals surface area (Å²) >= 11 is 0. The molecule has 1 aliphatic heterocycles. The van der Waals surface area contributed by atoms with E-state index in [-0.39, 0.29) is 5.91 Å². The number of nitrogens with zero attached hydrogens (tertiary/aromatic N) is 2. The fourth-order valence-electron chi connectivity index (χ4n) is 5.44. The fraction of sp³-hybridized carbons (Fsp3) is 0.343. The number of likely N-dealkylation sites (tertiary alicyclic amines) is 1. The van der Waals surface area contributed by atoms with Crippen LogP contribution in [-0.2, 0) is 10.2 Å². The molecule has 3 aromatic carbocycles. The first kappa shape index (κ1) is 30.8. The molecule has 0 bridgehead atoms. The molecule has 5 rings (SSSR count). The van der Waals surface area contributed by atoms with E-state index in [0.29, 0.717) is 12.3 Å². The number of H-pyrrole nitrogens is 1. The van der Waals surface area contributed by atoms with Gasteiger partial charge in [-0.2, -0.15) is 5.10 Å². The fourth-order valence-corrected chi connectivity index (χ4v) is 5.44. The van der Waals surface area contributed by atoms with Crippen molar-refractivity contribution in [3.05, 3.63) is 96.2 Å². The second-order valence-electron chi connectivity index (χ2n) is 11.2. The van der Waals surface area contributed by atoms with E-state index in [4.69, 9.17) is 9.84 Å². The van der Waals surface area contributed by atoms with Crippen LogP contribution in [-0.4, -0.2) is 60.0 Å². The first-order valence-electron chi connectivity index (χ1n) is 14.4. The van der Waals surface area contributed by atoms with E-state index in [2.05, 4.69) is 39.8 Å². The second kappa shape index (κ2) is 14.1. The van der Waals surface area contributed by atoms with Crippen LogP contribution in [0.25, 0.3) is 22.2 Å². The number of carbonyl (C=O) groups excluding carboxylic acids is 1. The van der Waals surface area contributed by atoms with Crippen molar-refractivity contribution in [2.45, 2.75) is 38.5 Å². The lowest BCUT2D eigenvalue weighted by molar-refractivity contribution is -0.121. The van der Waals surface area contributed by atoms with E-state index in [1.807, 2.05) is 86.6 Å². The molecular weight excluding hydrogens is 524 g/mol. The Kier molecular flexibility index (Phi) is 10.4. The zero-order valence-electron chi connectivity index (χ0n) is 25.1. The summed E-state index contributed by atoms with van der Waals surface area (Å²) in [5.41, 5.74) is 7.52. The molecule has 3 N–H and O–H groups in total. The highest BCUT2D eigenvalue weighted by Gasteiger charge is 2.35. The number of fused-ring (bicyclic) bond motifs is 1. The molecular formula is C35H42N4O3. The zero-order chi connectivity index (χ0) is 30.1. The Bertz CT molecular complexity index is 1520. The van der Waals surface area contributed by atoms with Gasteiger partial charge >= 0.3 is 0 Å². The molecule has 7 nitrogen and oxygen atoms in total. The number of piperidine rings is 1. The minimum Gasteiger partial charge on any atom is -0.493 e. The van der Waals surface area contributed by atoms with Crippen molar-refractivity contribution >= 4 is 22.5 Å². The van der Waals surface area contributed by atoms with Crippen LogP contribution in [0.4, 0.5) is 5.69 Å². The Morgan fingerprint density at radius 2 is 1.81 bits per heavy atom. The number of aromatic amines is 1. The normalized spacial score (nSPS) is 15.2. The van der Waals surface area contributed by atoms with E-state index in [9.17, 15) is 4.79 Å². The van der Waals surface area contributed by atoms with Gasteiger partial charge in [0.2, 0.25) is 5.91 Å². The SMILES string of the molecule is C=C=C(C)C[C@@](C)(C(=O)Nc1ccc2[nH]nc(-c3ccc(OCC4CCN(C)CC4)cc3)c2c1)c1ccccc1.CO. The van der Waals surface area contributed by atoms with Crippen molar-refractivity contribution in [3.8, 4) is 17.0 Å². The number of hydrogen-bond acceptors (Lipinski definition) is 5.